The van der Waals surface area contributed by atoms with E-state index in [-0.39, 0.29) is 16.1 Å². The summed E-state index contributed by atoms with van der Waals surface area (Å²) < 4.78 is 63.3. The van der Waals surface area contributed by atoms with Crippen LogP contribution >= 0.6 is 23.4 Å². The van der Waals surface area contributed by atoms with E-state index in [1.807, 2.05) is 0 Å². The molecule has 0 spiro atoms. The van der Waals surface area contributed by atoms with Crippen LogP contribution in [0.4, 0.5) is 27.6 Å². The number of carbonyl (C=O) groups excluding carboxylic acids is 2. The number of rotatable bonds is 6. The first-order valence-corrected chi connectivity index (χ1v) is 9.20. The third-order valence-electron chi connectivity index (χ3n) is 3.61. The fourth-order valence-corrected chi connectivity index (χ4v) is 3.03. The van der Waals surface area contributed by atoms with Crippen LogP contribution in [0, 0.1) is 0 Å². The van der Waals surface area contributed by atoms with E-state index in [2.05, 4.69) is 5.32 Å². The SMILES string of the molecule is CN(CC(=O)Nc1ccc(Cl)c(C(F)(F)F)c1)C(=O)c1ccc(SC(F)F)cc1. The molecule has 0 aliphatic carbocycles. The molecule has 0 fully saturated rings. The van der Waals surface area contributed by atoms with Crippen molar-refractivity contribution in [3.8, 4) is 0 Å². The maximum Gasteiger partial charge on any atom is 0.417 e. The topological polar surface area (TPSA) is 49.4 Å². The molecule has 2 aromatic carbocycles. The number of hydrogen-bond acceptors (Lipinski definition) is 3. The van der Waals surface area contributed by atoms with Crippen LogP contribution in [-0.2, 0) is 11.0 Å². The highest BCUT2D eigenvalue weighted by atomic mass is 35.5. The summed E-state index contributed by atoms with van der Waals surface area (Å²) in [5.74, 6) is -3.87. The van der Waals surface area contributed by atoms with E-state index in [1.54, 1.807) is 0 Å². The number of nitrogens with one attached hydrogen (secondary N) is 1. The predicted molar refractivity (Wildman–Crippen MR) is 100 cm³/mol. The Labute approximate surface area is 172 Å². The summed E-state index contributed by atoms with van der Waals surface area (Å²) in [6.07, 6.45) is -4.68. The van der Waals surface area contributed by atoms with Gasteiger partial charge < -0.3 is 10.2 Å². The van der Waals surface area contributed by atoms with E-state index < -0.39 is 40.9 Å². The minimum absolute atomic E-state index is 0.124. The number of benzene rings is 2. The van der Waals surface area contributed by atoms with Gasteiger partial charge in [0.25, 0.3) is 11.7 Å². The number of amides is 2. The summed E-state index contributed by atoms with van der Waals surface area (Å²) >= 11 is 5.85. The van der Waals surface area contributed by atoms with Crippen LogP contribution < -0.4 is 5.32 Å². The second-order valence-corrected chi connectivity index (χ2v) is 7.28. The summed E-state index contributed by atoms with van der Waals surface area (Å²) in [7, 11) is 1.33. The normalized spacial score (nSPS) is 11.4. The van der Waals surface area contributed by atoms with Gasteiger partial charge in [0, 0.05) is 23.2 Å². The second kappa shape index (κ2) is 9.45. The van der Waals surface area contributed by atoms with E-state index in [0.29, 0.717) is 17.8 Å². The van der Waals surface area contributed by atoms with Crippen molar-refractivity contribution in [2.45, 2.75) is 16.8 Å². The molecule has 0 saturated carbocycles. The highest BCUT2D eigenvalue weighted by Crippen LogP contribution is 2.36. The van der Waals surface area contributed by atoms with E-state index in [9.17, 15) is 31.5 Å². The first kappa shape index (κ1) is 23.0. The van der Waals surface area contributed by atoms with Crippen molar-refractivity contribution < 1.29 is 31.5 Å². The third-order valence-corrected chi connectivity index (χ3v) is 4.66. The molecular formula is C18H14ClF5N2O2S. The Bertz CT molecular complexity index is 891. The van der Waals surface area contributed by atoms with Gasteiger partial charge in [-0.3, -0.25) is 9.59 Å². The Balaban J connectivity index is 2.01. The molecule has 1 N–H and O–H groups in total. The van der Waals surface area contributed by atoms with Gasteiger partial charge in [-0.05, 0) is 42.5 Å². The first-order chi connectivity index (χ1) is 13.5. The summed E-state index contributed by atoms with van der Waals surface area (Å²) in [4.78, 5) is 25.7. The maximum atomic E-state index is 12.9. The van der Waals surface area contributed by atoms with Gasteiger partial charge in [0.1, 0.15) is 0 Å². The smallest absolute Gasteiger partial charge is 0.332 e. The Hall–Kier alpha value is -2.33. The molecule has 29 heavy (non-hydrogen) atoms. The predicted octanol–water partition coefficient (Wildman–Crippen LogP) is 5.38. The zero-order chi connectivity index (χ0) is 21.8. The first-order valence-electron chi connectivity index (χ1n) is 7.94. The Kier molecular flexibility index (Phi) is 7.48. The molecule has 0 saturated heterocycles. The molecule has 0 heterocycles. The number of thioether (sulfide) groups is 1. The fourth-order valence-electron chi connectivity index (χ4n) is 2.31. The van der Waals surface area contributed by atoms with Gasteiger partial charge in [0.2, 0.25) is 5.91 Å². The van der Waals surface area contributed by atoms with E-state index in [1.165, 1.54) is 37.4 Å². The molecule has 2 amide bonds. The van der Waals surface area contributed by atoms with E-state index in [4.69, 9.17) is 11.6 Å². The lowest BCUT2D eigenvalue weighted by Gasteiger charge is -2.17. The minimum atomic E-state index is -4.68. The molecule has 0 aliphatic heterocycles. The van der Waals surface area contributed by atoms with Gasteiger partial charge in [-0.1, -0.05) is 23.4 Å². The average molecular weight is 453 g/mol. The summed E-state index contributed by atoms with van der Waals surface area (Å²) in [5, 5.41) is 1.77. The third kappa shape index (κ3) is 6.60. The maximum absolute atomic E-state index is 12.9. The summed E-state index contributed by atoms with van der Waals surface area (Å²) in [6.45, 7) is -0.434. The molecule has 0 atom stereocenters. The van der Waals surface area contributed by atoms with E-state index in [0.717, 1.165) is 11.0 Å². The monoisotopic (exact) mass is 452 g/mol. The number of anilines is 1. The molecule has 11 heteroatoms. The zero-order valence-electron chi connectivity index (χ0n) is 14.8. The highest BCUT2D eigenvalue weighted by molar-refractivity contribution is 7.99. The van der Waals surface area contributed by atoms with Crippen molar-refractivity contribution in [2.75, 3.05) is 18.9 Å². The number of hydrogen-bond donors (Lipinski definition) is 1. The van der Waals surface area contributed by atoms with Crippen LogP contribution in [-0.4, -0.2) is 36.1 Å². The van der Waals surface area contributed by atoms with Crippen LogP contribution in [0.1, 0.15) is 15.9 Å². The summed E-state index contributed by atoms with van der Waals surface area (Å²) in [6, 6.07) is 8.30. The molecule has 0 aliphatic rings. The number of carbonyl (C=O) groups is 2. The Morgan fingerprint density at radius 3 is 2.31 bits per heavy atom. The molecule has 4 nitrogen and oxygen atoms in total. The van der Waals surface area contributed by atoms with Crippen molar-refractivity contribution in [1.29, 1.82) is 0 Å². The van der Waals surface area contributed by atoms with Crippen molar-refractivity contribution >= 4 is 40.9 Å². The second-order valence-electron chi connectivity index (χ2n) is 5.80. The Morgan fingerprint density at radius 2 is 1.76 bits per heavy atom. The van der Waals surface area contributed by atoms with Crippen LogP contribution in [0.3, 0.4) is 0 Å². The molecule has 0 unspecified atom stereocenters. The van der Waals surface area contributed by atoms with Crippen molar-refractivity contribution in [2.24, 2.45) is 0 Å². The van der Waals surface area contributed by atoms with Gasteiger partial charge in [-0.15, -0.1) is 0 Å². The fraction of sp³-hybridized carbons (Fsp3) is 0.222. The molecule has 0 radical (unpaired) electrons. The van der Waals surface area contributed by atoms with Crippen molar-refractivity contribution in [3.63, 3.8) is 0 Å². The minimum Gasteiger partial charge on any atom is -0.332 e. The average Bonchev–Trinajstić information content (AvgIpc) is 2.61. The van der Waals surface area contributed by atoms with Gasteiger partial charge >= 0.3 is 6.18 Å². The molecule has 2 aromatic rings. The lowest BCUT2D eigenvalue weighted by Crippen LogP contribution is -2.35. The number of nitrogens with zero attached hydrogens (tertiary/aromatic N) is 1. The van der Waals surface area contributed by atoms with Gasteiger partial charge in [-0.25, -0.2) is 0 Å². The van der Waals surface area contributed by atoms with Crippen LogP contribution in [0.15, 0.2) is 47.4 Å². The number of alkyl halides is 5. The number of halogens is 6. The lowest BCUT2D eigenvalue weighted by molar-refractivity contribution is -0.137. The van der Waals surface area contributed by atoms with Gasteiger partial charge in [0.05, 0.1) is 17.1 Å². The Morgan fingerprint density at radius 1 is 1.14 bits per heavy atom. The summed E-state index contributed by atoms with van der Waals surface area (Å²) in [5.41, 5.74) is -1.05. The molecular weight excluding hydrogens is 439 g/mol. The van der Waals surface area contributed by atoms with Crippen LogP contribution in [0.5, 0.6) is 0 Å². The van der Waals surface area contributed by atoms with Crippen LogP contribution in [0.25, 0.3) is 0 Å². The molecule has 0 aromatic heterocycles. The van der Waals surface area contributed by atoms with Gasteiger partial charge in [0.15, 0.2) is 0 Å². The highest BCUT2D eigenvalue weighted by Gasteiger charge is 2.33. The lowest BCUT2D eigenvalue weighted by atomic mass is 10.2. The molecule has 2 rings (SSSR count). The van der Waals surface area contributed by atoms with Crippen LogP contribution in [0.2, 0.25) is 5.02 Å². The standard InChI is InChI=1S/C18H14ClF5N2O2S/c1-26(16(28)10-2-5-12(6-3-10)29-17(20)21)9-15(27)25-11-4-7-14(19)13(8-11)18(22,23)24/h2-8,17H,9H2,1H3,(H,25,27). The van der Waals surface area contributed by atoms with E-state index >= 15 is 0 Å². The van der Waals surface area contributed by atoms with Gasteiger partial charge in [-0.2, -0.15) is 22.0 Å². The zero-order valence-corrected chi connectivity index (χ0v) is 16.3. The van der Waals surface area contributed by atoms with Crippen molar-refractivity contribution in [3.05, 3.63) is 58.6 Å². The molecule has 156 valence electrons. The largest absolute Gasteiger partial charge is 0.417 e. The number of likely N-dealkylation sites (N-methyl/N-ethyl adjacent to an activating group) is 1. The molecule has 0 bridgehead atoms. The van der Waals surface area contributed by atoms with Crippen molar-refractivity contribution in [1.82, 2.24) is 4.90 Å². The quantitative estimate of drug-likeness (QED) is 0.472.